The van der Waals surface area contributed by atoms with Crippen molar-refractivity contribution in [2.45, 2.75) is 6.42 Å². The first-order chi connectivity index (χ1) is 11.8. The van der Waals surface area contributed by atoms with E-state index in [4.69, 9.17) is 11.6 Å². The van der Waals surface area contributed by atoms with Crippen molar-refractivity contribution in [2.24, 2.45) is 0 Å². The third-order valence-corrected chi connectivity index (χ3v) is 4.68. The van der Waals surface area contributed by atoms with E-state index in [0.717, 1.165) is 26.4 Å². The summed E-state index contributed by atoms with van der Waals surface area (Å²) in [5.74, 6) is 0.846. The summed E-state index contributed by atoms with van der Waals surface area (Å²) in [6, 6.07) is 17.9. The van der Waals surface area contributed by atoms with Gasteiger partial charge in [0, 0.05) is 11.4 Å². The highest BCUT2D eigenvalue weighted by atomic mass is 35.5. The van der Waals surface area contributed by atoms with Crippen LogP contribution in [0.5, 0.6) is 0 Å². The zero-order valence-electron chi connectivity index (χ0n) is 12.6. The van der Waals surface area contributed by atoms with Crippen molar-refractivity contribution in [3.8, 4) is 0 Å². The van der Waals surface area contributed by atoms with E-state index in [0.29, 0.717) is 6.42 Å². The van der Waals surface area contributed by atoms with Gasteiger partial charge in [-0.15, -0.1) is 10.2 Å². The molecule has 2 aromatic heterocycles. The lowest BCUT2D eigenvalue weighted by atomic mass is 10.1. The summed E-state index contributed by atoms with van der Waals surface area (Å²) in [5, 5.41) is 14.7. The first-order valence-corrected chi connectivity index (χ1v) is 8.66. The molecule has 118 valence electrons. The summed E-state index contributed by atoms with van der Waals surface area (Å²) in [7, 11) is 0. The van der Waals surface area contributed by atoms with Crippen LogP contribution in [0.1, 0.15) is 22.0 Å². The van der Waals surface area contributed by atoms with E-state index in [1.165, 1.54) is 16.9 Å². The fourth-order valence-electron chi connectivity index (χ4n) is 2.37. The zero-order chi connectivity index (χ0) is 16.4. The minimum absolute atomic E-state index is 0.714. The molecule has 0 atom stereocenters. The van der Waals surface area contributed by atoms with Crippen LogP contribution < -0.4 is 0 Å². The van der Waals surface area contributed by atoms with Gasteiger partial charge in [-0.25, -0.2) is 0 Å². The van der Waals surface area contributed by atoms with E-state index in [9.17, 15) is 0 Å². The van der Waals surface area contributed by atoms with Crippen LogP contribution in [0.15, 0.2) is 54.6 Å². The lowest BCUT2D eigenvalue weighted by Crippen LogP contribution is -1.97. The average Bonchev–Trinajstić information content (AvgIpc) is 3.17. The highest BCUT2D eigenvalue weighted by Crippen LogP contribution is 2.19. The van der Waals surface area contributed by atoms with Crippen molar-refractivity contribution >= 4 is 40.1 Å². The maximum atomic E-state index is 5.90. The number of rotatable bonds is 4. The van der Waals surface area contributed by atoms with Gasteiger partial charge in [-0.05, 0) is 29.3 Å². The second-order valence-electron chi connectivity index (χ2n) is 5.30. The molecule has 0 N–H and O–H groups in total. The zero-order valence-corrected chi connectivity index (χ0v) is 14.2. The third kappa shape index (κ3) is 3.22. The van der Waals surface area contributed by atoms with Gasteiger partial charge in [0.15, 0.2) is 5.82 Å². The van der Waals surface area contributed by atoms with Crippen LogP contribution in [0.25, 0.3) is 17.1 Å². The molecular formula is C18H13ClN4S. The number of benzene rings is 2. The number of fused-ring (bicyclic) bond motifs is 1. The van der Waals surface area contributed by atoms with Crippen LogP contribution in [-0.4, -0.2) is 19.8 Å². The van der Waals surface area contributed by atoms with Gasteiger partial charge in [-0.2, -0.15) is 9.61 Å². The molecule has 4 aromatic rings. The van der Waals surface area contributed by atoms with E-state index < -0.39 is 0 Å². The summed E-state index contributed by atoms with van der Waals surface area (Å²) >= 11 is 7.42. The van der Waals surface area contributed by atoms with Crippen molar-refractivity contribution in [3.05, 3.63) is 81.6 Å². The Labute approximate surface area is 148 Å². The Morgan fingerprint density at radius 3 is 2.54 bits per heavy atom. The van der Waals surface area contributed by atoms with Crippen LogP contribution in [0.4, 0.5) is 0 Å². The van der Waals surface area contributed by atoms with Gasteiger partial charge in [-0.1, -0.05) is 71.5 Å². The van der Waals surface area contributed by atoms with Gasteiger partial charge in [0.05, 0.1) is 0 Å². The molecule has 0 aliphatic rings. The molecule has 0 saturated carbocycles. The summed E-state index contributed by atoms with van der Waals surface area (Å²) in [5.41, 5.74) is 2.27. The van der Waals surface area contributed by atoms with Gasteiger partial charge in [-0.3, -0.25) is 0 Å². The van der Waals surface area contributed by atoms with E-state index >= 15 is 0 Å². The molecule has 0 radical (unpaired) electrons. The lowest BCUT2D eigenvalue weighted by Gasteiger charge is -1.97. The molecule has 24 heavy (non-hydrogen) atoms. The second kappa shape index (κ2) is 6.55. The molecule has 6 heteroatoms. The van der Waals surface area contributed by atoms with E-state index in [1.54, 1.807) is 0 Å². The number of aromatic nitrogens is 4. The van der Waals surface area contributed by atoms with Crippen molar-refractivity contribution in [3.63, 3.8) is 0 Å². The topological polar surface area (TPSA) is 43.1 Å². The van der Waals surface area contributed by atoms with Gasteiger partial charge >= 0.3 is 0 Å². The molecule has 0 spiro atoms. The number of nitrogens with zero attached hydrogens (tertiary/aromatic N) is 4. The fourth-order valence-corrected chi connectivity index (χ4v) is 3.26. The predicted molar refractivity (Wildman–Crippen MR) is 98.3 cm³/mol. The molecule has 4 rings (SSSR count). The molecular weight excluding hydrogens is 340 g/mol. The molecule has 2 aromatic carbocycles. The minimum atomic E-state index is 0.714. The number of hydrogen-bond donors (Lipinski definition) is 0. The molecule has 0 unspecified atom stereocenters. The van der Waals surface area contributed by atoms with Crippen molar-refractivity contribution in [1.29, 1.82) is 0 Å². The van der Waals surface area contributed by atoms with Crippen LogP contribution in [0, 0.1) is 0 Å². The molecule has 0 aliphatic heterocycles. The Bertz CT molecular complexity index is 987. The molecule has 0 amide bonds. The summed E-state index contributed by atoms with van der Waals surface area (Å²) < 4.78 is 1.82. The second-order valence-corrected chi connectivity index (χ2v) is 6.72. The first kappa shape index (κ1) is 15.1. The monoisotopic (exact) mass is 352 g/mol. The van der Waals surface area contributed by atoms with Crippen LogP contribution >= 0.6 is 22.9 Å². The molecule has 0 bridgehead atoms. The Balaban J connectivity index is 1.58. The normalized spacial score (nSPS) is 11.5. The maximum absolute atomic E-state index is 5.90. The lowest BCUT2D eigenvalue weighted by molar-refractivity contribution is 0.848. The maximum Gasteiger partial charge on any atom is 0.234 e. The minimum Gasteiger partial charge on any atom is -0.187 e. The highest BCUT2D eigenvalue weighted by molar-refractivity contribution is 7.17. The highest BCUT2D eigenvalue weighted by Gasteiger charge is 2.10. The summed E-state index contributed by atoms with van der Waals surface area (Å²) in [6.45, 7) is 0. The summed E-state index contributed by atoms with van der Waals surface area (Å²) in [4.78, 5) is 0.802. The predicted octanol–water partition coefficient (Wildman–Crippen LogP) is 4.60. The Hall–Kier alpha value is -2.50. The summed E-state index contributed by atoms with van der Waals surface area (Å²) in [6.07, 6.45) is 4.71. The quantitative estimate of drug-likeness (QED) is 0.539. The molecule has 2 heterocycles. The van der Waals surface area contributed by atoms with Gasteiger partial charge in [0.2, 0.25) is 4.96 Å². The molecule has 0 saturated heterocycles. The van der Waals surface area contributed by atoms with E-state index in [2.05, 4.69) is 27.4 Å². The van der Waals surface area contributed by atoms with E-state index in [1.807, 2.05) is 59.1 Å². The number of halogens is 1. The fraction of sp³-hybridized carbons (Fsp3) is 0.0556. The first-order valence-electron chi connectivity index (χ1n) is 7.47. The Morgan fingerprint density at radius 1 is 0.958 bits per heavy atom. The van der Waals surface area contributed by atoms with Gasteiger partial charge in [0.1, 0.15) is 5.01 Å². The van der Waals surface area contributed by atoms with Gasteiger partial charge in [0.25, 0.3) is 0 Å². The van der Waals surface area contributed by atoms with E-state index in [-0.39, 0.29) is 0 Å². The van der Waals surface area contributed by atoms with Crippen molar-refractivity contribution in [2.75, 3.05) is 0 Å². The van der Waals surface area contributed by atoms with Crippen LogP contribution in [0.2, 0.25) is 5.02 Å². The Kier molecular flexibility index (Phi) is 4.11. The number of hydrogen-bond acceptors (Lipinski definition) is 4. The average molecular weight is 353 g/mol. The molecule has 4 nitrogen and oxygen atoms in total. The van der Waals surface area contributed by atoms with Crippen LogP contribution in [-0.2, 0) is 6.42 Å². The smallest absolute Gasteiger partial charge is 0.187 e. The third-order valence-electron chi connectivity index (χ3n) is 3.56. The largest absolute Gasteiger partial charge is 0.234 e. The van der Waals surface area contributed by atoms with Crippen molar-refractivity contribution < 1.29 is 0 Å². The van der Waals surface area contributed by atoms with Gasteiger partial charge < -0.3 is 0 Å². The van der Waals surface area contributed by atoms with Crippen LogP contribution in [0.3, 0.4) is 0 Å². The Morgan fingerprint density at radius 2 is 1.75 bits per heavy atom. The standard InChI is InChI=1S/C18H13ClN4S/c19-15-9-6-13(7-10-15)8-11-17-22-23-16(20-21-18(23)24-17)12-14-4-2-1-3-5-14/h1-11H,12H2/b11-8+. The molecule has 0 aliphatic carbocycles. The SMILES string of the molecule is Clc1ccc(/C=C/c2nn3c(Cc4ccccc4)nnc3s2)cc1. The molecule has 0 fully saturated rings. The van der Waals surface area contributed by atoms with Crippen molar-refractivity contribution in [1.82, 2.24) is 19.8 Å².